The molecule has 0 nitrogen and oxygen atoms in total. The SMILES string of the molecule is C=CC[PH](Cl)(CC=C)CC=C. The molecule has 0 aromatic rings. The van der Waals surface area contributed by atoms with Crippen molar-refractivity contribution in [2.45, 2.75) is 0 Å². The van der Waals surface area contributed by atoms with Gasteiger partial charge in [0.25, 0.3) is 0 Å². The first kappa shape index (κ1) is 10.9. The Morgan fingerprint density at radius 3 is 1.36 bits per heavy atom. The molecule has 0 aliphatic rings. The molecular weight excluding hydrogens is 175 g/mol. The van der Waals surface area contributed by atoms with Crippen LogP contribution in [-0.2, 0) is 0 Å². The molecule has 0 atom stereocenters. The predicted molar refractivity (Wildman–Crippen MR) is 59.4 cm³/mol. The van der Waals surface area contributed by atoms with E-state index in [4.69, 9.17) is 11.2 Å². The molecule has 0 bridgehead atoms. The van der Waals surface area contributed by atoms with Crippen molar-refractivity contribution in [2.24, 2.45) is 0 Å². The maximum absolute atomic E-state index is 6.36. The van der Waals surface area contributed by atoms with E-state index in [1.54, 1.807) is 0 Å². The average Bonchev–Trinajstić information content (AvgIpc) is 1.88. The summed E-state index contributed by atoms with van der Waals surface area (Å²) in [6.45, 7) is 9.44. The minimum absolute atomic E-state index is 0.937. The van der Waals surface area contributed by atoms with Gasteiger partial charge in [-0.1, -0.05) is 0 Å². The van der Waals surface area contributed by atoms with Crippen LogP contribution < -0.4 is 0 Å². The normalized spacial score (nSPS) is 12.1. The quantitative estimate of drug-likeness (QED) is 0.445. The second kappa shape index (κ2) is 5.57. The van der Waals surface area contributed by atoms with E-state index in [2.05, 4.69) is 19.7 Å². The molecule has 0 unspecified atom stereocenters. The molecule has 11 heavy (non-hydrogen) atoms. The van der Waals surface area contributed by atoms with Crippen LogP contribution in [0.3, 0.4) is 0 Å². The van der Waals surface area contributed by atoms with Gasteiger partial charge in [-0.2, -0.15) is 0 Å². The van der Waals surface area contributed by atoms with Crippen LogP contribution in [0.2, 0.25) is 0 Å². The number of rotatable bonds is 6. The Hall–Kier alpha value is -0.0600. The Balaban J connectivity index is 4.09. The number of halogens is 1. The summed E-state index contributed by atoms with van der Waals surface area (Å²) in [4.78, 5) is 0. The van der Waals surface area contributed by atoms with Gasteiger partial charge in [0.2, 0.25) is 0 Å². The molecular formula is C9H16ClP. The summed E-state index contributed by atoms with van der Waals surface area (Å²) in [5, 5.41) is 0. The molecule has 0 N–H and O–H groups in total. The molecule has 0 heterocycles. The molecule has 0 amide bonds. The molecule has 0 aliphatic carbocycles. The van der Waals surface area contributed by atoms with Crippen molar-refractivity contribution in [2.75, 3.05) is 18.5 Å². The molecule has 0 fully saturated rings. The number of allylic oxidation sites excluding steroid dienone is 3. The topological polar surface area (TPSA) is 0 Å². The van der Waals surface area contributed by atoms with Gasteiger partial charge in [-0.15, -0.1) is 0 Å². The Labute approximate surface area is 74.8 Å². The van der Waals surface area contributed by atoms with Crippen molar-refractivity contribution < 1.29 is 0 Å². The van der Waals surface area contributed by atoms with E-state index in [9.17, 15) is 0 Å². The molecule has 64 valence electrons. The van der Waals surface area contributed by atoms with Gasteiger partial charge in [0.15, 0.2) is 0 Å². The average molecular weight is 191 g/mol. The third kappa shape index (κ3) is 4.40. The fourth-order valence-corrected chi connectivity index (χ4v) is 4.06. The van der Waals surface area contributed by atoms with E-state index in [1.165, 1.54) is 0 Å². The molecule has 0 aliphatic heterocycles. The Morgan fingerprint density at radius 1 is 0.909 bits per heavy atom. The van der Waals surface area contributed by atoms with Gasteiger partial charge in [-0.3, -0.25) is 0 Å². The summed E-state index contributed by atoms with van der Waals surface area (Å²) in [5.41, 5.74) is 0. The molecule has 0 aromatic heterocycles. The van der Waals surface area contributed by atoms with Crippen LogP contribution in [0.25, 0.3) is 0 Å². The van der Waals surface area contributed by atoms with Gasteiger partial charge in [0.1, 0.15) is 0 Å². The Morgan fingerprint density at radius 2 is 1.18 bits per heavy atom. The van der Waals surface area contributed by atoms with E-state index in [1.807, 2.05) is 18.2 Å². The monoisotopic (exact) mass is 190 g/mol. The predicted octanol–water partition coefficient (Wildman–Crippen LogP) is 3.45. The van der Waals surface area contributed by atoms with Crippen LogP contribution in [0.1, 0.15) is 0 Å². The minimum atomic E-state index is -1.63. The fraction of sp³-hybridized carbons (Fsp3) is 0.333. The summed E-state index contributed by atoms with van der Waals surface area (Å²) in [5.74, 6) is 0. The van der Waals surface area contributed by atoms with Gasteiger partial charge < -0.3 is 0 Å². The zero-order valence-corrected chi connectivity index (χ0v) is 8.61. The van der Waals surface area contributed by atoms with Crippen molar-refractivity contribution in [1.29, 1.82) is 0 Å². The third-order valence-corrected chi connectivity index (χ3v) is 5.98. The van der Waals surface area contributed by atoms with Gasteiger partial charge in [0.05, 0.1) is 0 Å². The summed E-state index contributed by atoms with van der Waals surface area (Å²) in [6.07, 6.45) is 8.50. The zero-order chi connectivity index (χ0) is 8.74. The molecule has 0 spiro atoms. The van der Waals surface area contributed by atoms with Crippen LogP contribution >= 0.6 is 17.9 Å². The van der Waals surface area contributed by atoms with Crippen LogP contribution in [0, 0.1) is 0 Å². The van der Waals surface area contributed by atoms with Gasteiger partial charge in [0, 0.05) is 0 Å². The summed E-state index contributed by atoms with van der Waals surface area (Å²) >= 11 is 6.36. The third-order valence-electron chi connectivity index (χ3n) is 1.53. The number of hydrogen-bond acceptors (Lipinski definition) is 0. The standard InChI is InChI=1S/C9H16ClP/c1-4-7-11(10,8-5-2)9-6-3/h4-6,11H,1-3,7-9H2. The molecule has 0 rings (SSSR count). The van der Waals surface area contributed by atoms with E-state index in [-0.39, 0.29) is 0 Å². The summed E-state index contributed by atoms with van der Waals surface area (Å²) in [7, 11) is 0. The van der Waals surface area contributed by atoms with E-state index < -0.39 is 6.62 Å². The zero-order valence-electron chi connectivity index (χ0n) is 6.85. The van der Waals surface area contributed by atoms with Crippen LogP contribution in [0.5, 0.6) is 0 Å². The van der Waals surface area contributed by atoms with E-state index >= 15 is 0 Å². The van der Waals surface area contributed by atoms with Crippen LogP contribution in [-0.4, -0.2) is 18.5 Å². The first-order valence-electron chi connectivity index (χ1n) is 3.70. The van der Waals surface area contributed by atoms with Crippen molar-refractivity contribution in [3.63, 3.8) is 0 Å². The van der Waals surface area contributed by atoms with Crippen LogP contribution in [0.15, 0.2) is 38.0 Å². The Kier molecular flexibility index (Phi) is 5.54. The fourth-order valence-electron chi connectivity index (χ4n) is 1.03. The molecule has 2 heteroatoms. The summed E-state index contributed by atoms with van der Waals surface area (Å²) in [6, 6.07) is 0. The van der Waals surface area contributed by atoms with Gasteiger partial charge >= 0.3 is 74.3 Å². The molecule has 0 radical (unpaired) electrons. The Bertz CT molecular complexity index is 125. The van der Waals surface area contributed by atoms with E-state index in [0.717, 1.165) is 18.5 Å². The van der Waals surface area contributed by atoms with Gasteiger partial charge in [-0.05, 0) is 0 Å². The van der Waals surface area contributed by atoms with Crippen molar-refractivity contribution >= 4 is 17.9 Å². The first-order chi connectivity index (χ1) is 5.18. The first-order valence-corrected chi connectivity index (χ1v) is 7.33. The maximum atomic E-state index is 6.36. The molecule has 0 saturated carbocycles. The summed E-state index contributed by atoms with van der Waals surface area (Å²) < 4.78 is 0. The van der Waals surface area contributed by atoms with Gasteiger partial charge in [-0.25, -0.2) is 0 Å². The second-order valence-corrected chi connectivity index (χ2v) is 8.56. The van der Waals surface area contributed by atoms with Crippen molar-refractivity contribution in [3.05, 3.63) is 38.0 Å². The molecule has 0 aromatic carbocycles. The molecule has 0 saturated heterocycles. The second-order valence-electron chi connectivity index (χ2n) is 2.63. The number of hydrogen-bond donors (Lipinski definition) is 0. The van der Waals surface area contributed by atoms with E-state index in [0.29, 0.717) is 0 Å². The van der Waals surface area contributed by atoms with Crippen molar-refractivity contribution in [3.8, 4) is 0 Å². The van der Waals surface area contributed by atoms with Crippen LogP contribution in [0.4, 0.5) is 0 Å². The van der Waals surface area contributed by atoms with Crippen molar-refractivity contribution in [1.82, 2.24) is 0 Å².